The number of amides is 1. The molecule has 2 aliphatic rings. The highest BCUT2D eigenvalue weighted by Gasteiger charge is 2.53. The molecule has 4 rings (SSSR count). The summed E-state index contributed by atoms with van der Waals surface area (Å²) in [6, 6.07) is 8.15. The molecule has 154 valence electrons. The van der Waals surface area contributed by atoms with Crippen LogP contribution in [0.1, 0.15) is 31.4 Å². The highest BCUT2D eigenvalue weighted by molar-refractivity contribution is 5.80. The van der Waals surface area contributed by atoms with E-state index in [1.54, 1.807) is 6.20 Å². The number of carbonyl (C=O) groups is 2. The molecule has 7 heteroatoms. The first-order chi connectivity index (χ1) is 14.1. The summed E-state index contributed by atoms with van der Waals surface area (Å²) in [5, 5.41) is 3.93. The van der Waals surface area contributed by atoms with Gasteiger partial charge in [0.15, 0.2) is 5.65 Å². The highest BCUT2D eigenvalue weighted by Crippen LogP contribution is 2.51. The molecule has 7 nitrogen and oxygen atoms in total. The maximum absolute atomic E-state index is 12.1. The van der Waals surface area contributed by atoms with Gasteiger partial charge in [-0.2, -0.15) is 0 Å². The average molecular weight is 396 g/mol. The summed E-state index contributed by atoms with van der Waals surface area (Å²) in [7, 11) is 1.36. The Labute approximate surface area is 170 Å². The molecule has 1 spiro atoms. The number of aryl methyl sites for hydroxylation is 1. The van der Waals surface area contributed by atoms with Gasteiger partial charge in [0.2, 0.25) is 5.91 Å². The minimum atomic E-state index is -0.292. The number of nitrogens with one attached hydrogen (secondary N) is 1. The quantitative estimate of drug-likeness (QED) is 0.687. The largest absolute Gasteiger partial charge is 0.469 e. The van der Waals surface area contributed by atoms with Crippen LogP contribution in [-0.2, 0) is 20.7 Å². The third-order valence-electron chi connectivity index (χ3n) is 6.13. The van der Waals surface area contributed by atoms with Crippen LogP contribution in [0.15, 0.2) is 30.5 Å². The predicted octanol–water partition coefficient (Wildman–Crippen LogP) is 1.95. The van der Waals surface area contributed by atoms with Gasteiger partial charge in [-0.15, -0.1) is 0 Å². The second-order valence-electron chi connectivity index (χ2n) is 8.39. The van der Waals surface area contributed by atoms with Crippen molar-refractivity contribution in [1.29, 1.82) is 0 Å². The standard InChI is InChI=1S/C22H28N4O3/c1-29-19(27)8-10-24-21(28)17-12-22(13-17)14-26(15-22)11-3-5-18-7-6-16-4-2-9-23-20(16)25-18/h2,4,6-7,9,17H,3,5,8,10-15H2,1H3,(H,24,28). The van der Waals surface area contributed by atoms with Crippen LogP contribution in [0.3, 0.4) is 0 Å². The Morgan fingerprint density at radius 2 is 2.10 bits per heavy atom. The van der Waals surface area contributed by atoms with Gasteiger partial charge in [0.1, 0.15) is 0 Å². The zero-order valence-corrected chi connectivity index (χ0v) is 16.9. The van der Waals surface area contributed by atoms with Crippen LogP contribution in [0, 0.1) is 11.3 Å². The molecule has 1 N–H and O–H groups in total. The summed E-state index contributed by atoms with van der Waals surface area (Å²) in [5.41, 5.74) is 2.26. The van der Waals surface area contributed by atoms with Crippen LogP contribution in [-0.4, -0.2) is 60.0 Å². The van der Waals surface area contributed by atoms with Crippen molar-refractivity contribution in [2.75, 3.05) is 33.3 Å². The lowest BCUT2D eigenvalue weighted by Crippen LogP contribution is -2.64. The maximum Gasteiger partial charge on any atom is 0.307 e. The van der Waals surface area contributed by atoms with E-state index < -0.39 is 0 Å². The van der Waals surface area contributed by atoms with Gasteiger partial charge in [0.25, 0.3) is 0 Å². The van der Waals surface area contributed by atoms with Crippen LogP contribution in [0.25, 0.3) is 11.0 Å². The van der Waals surface area contributed by atoms with Crippen molar-refractivity contribution in [3.63, 3.8) is 0 Å². The third-order valence-corrected chi connectivity index (χ3v) is 6.13. The van der Waals surface area contributed by atoms with Crippen molar-refractivity contribution >= 4 is 22.9 Å². The van der Waals surface area contributed by atoms with Crippen molar-refractivity contribution in [2.45, 2.75) is 32.1 Å². The summed E-state index contributed by atoms with van der Waals surface area (Å²) in [4.78, 5) is 34.7. The second-order valence-corrected chi connectivity index (χ2v) is 8.39. The number of nitrogens with zero attached hydrogens (tertiary/aromatic N) is 3. The number of esters is 1. The number of likely N-dealkylation sites (tertiary alicyclic amines) is 1. The number of hydrogen-bond acceptors (Lipinski definition) is 6. The average Bonchev–Trinajstić information content (AvgIpc) is 2.67. The molecule has 1 aliphatic carbocycles. The molecule has 0 bridgehead atoms. The SMILES string of the molecule is COC(=O)CCNC(=O)C1CC2(C1)CN(CCCc1ccc3cccnc3n1)C2. The minimum Gasteiger partial charge on any atom is -0.469 e. The topological polar surface area (TPSA) is 84.4 Å². The van der Waals surface area contributed by atoms with Crippen LogP contribution in [0.2, 0.25) is 0 Å². The first-order valence-electron chi connectivity index (χ1n) is 10.3. The van der Waals surface area contributed by atoms with Gasteiger partial charge >= 0.3 is 5.97 Å². The molecule has 0 radical (unpaired) electrons. The molecule has 29 heavy (non-hydrogen) atoms. The molecule has 0 unspecified atom stereocenters. The number of rotatable bonds is 8. The highest BCUT2D eigenvalue weighted by atomic mass is 16.5. The van der Waals surface area contributed by atoms with Crippen LogP contribution in [0.4, 0.5) is 0 Å². The zero-order valence-electron chi connectivity index (χ0n) is 16.9. The summed E-state index contributed by atoms with van der Waals surface area (Å²) in [6.07, 6.45) is 5.98. The number of fused-ring (bicyclic) bond motifs is 1. The van der Waals surface area contributed by atoms with Crippen molar-refractivity contribution in [3.05, 3.63) is 36.2 Å². The van der Waals surface area contributed by atoms with Crippen molar-refractivity contribution in [3.8, 4) is 0 Å². The smallest absolute Gasteiger partial charge is 0.307 e. The van der Waals surface area contributed by atoms with Gasteiger partial charge in [-0.3, -0.25) is 9.59 Å². The fourth-order valence-corrected chi connectivity index (χ4v) is 4.64. The Balaban J connectivity index is 1.12. The van der Waals surface area contributed by atoms with E-state index in [9.17, 15) is 9.59 Å². The Morgan fingerprint density at radius 1 is 1.28 bits per heavy atom. The molecule has 1 amide bonds. The molecule has 1 saturated carbocycles. The van der Waals surface area contributed by atoms with Gasteiger partial charge in [0, 0.05) is 42.8 Å². The van der Waals surface area contributed by atoms with Crippen LogP contribution in [0.5, 0.6) is 0 Å². The van der Waals surface area contributed by atoms with E-state index in [1.807, 2.05) is 12.1 Å². The number of pyridine rings is 2. The van der Waals surface area contributed by atoms with Gasteiger partial charge in [-0.05, 0) is 61.9 Å². The first kappa shape index (κ1) is 19.8. The third kappa shape index (κ3) is 4.56. The van der Waals surface area contributed by atoms with Gasteiger partial charge in [-0.25, -0.2) is 9.97 Å². The van der Waals surface area contributed by atoms with E-state index in [2.05, 4.69) is 37.1 Å². The van der Waals surface area contributed by atoms with E-state index >= 15 is 0 Å². The molecule has 1 saturated heterocycles. The maximum atomic E-state index is 12.1. The molecule has 2 fully saturated rings. The van der Waals surface area contributed by atoms with Gasteiger partial charge in [0.05, 0.1) is 13.5 Å². The zero-order chi connectivity index (χ0) is 20.3. The number of aromatic nitrogens is 2. The van der Waals surface area contributed by atoms with Crippen molar-refractivity contribution in [1.82, 2.24) is 20.2 Å². The molecular formula is C22H28N4O3. The van der Waals surface area contributed by atoms with Crippen molar-refractivity contribution in [2.24, 2.45) is 11.3 Å². The predicted molar refractivity (Wildman–Crippen MR) is 109 cm³/mol. The van der Waals surface area contributed by atoms with Gasteiger partial charge < -0.3 is 15.0 Å². The van der Waals surface area contributed by atoms with Crippen LogP contribution < -0.4 is 5.32 Å². The van der Waals surface area contributed by atoms with E-state index in [4.69, 9.17) is 0 Å². The van der Waals surface area contributed by atoms with E-state index in [-0.39, 0.29) is 24.2 Å². The molecule has 0 aromatic carbocycles. The summed E-state index contributed by atoms with van der Waals surface area (Å²) < 4.78 is 4.58. The summed E-state index contributed by atoms with van der Waals surface area (Å²) in [5.74, 6) is -0.113. The normalized spacial score (nSPS) is 18.2. The molecule has 2 aromatic heterocycles. The van der Waals surface area contributed by atoms with E-state index in [0.29, 0.717) is 12.0 Å². The fourth-order valence-electron chi connectivity index (χ4n) is 4.64. The lowest BCUT2D eigenvalue weighted by Gasteiger charge is -2.59. The van der Waals surface area contributed by atoms with E-state index in [0.717, 1.165) is 62.0 Å². The van der Waals surface area contributed by atoms with Gasteiger partial charge in [-0.1, -0.05) is 0 Å². The van der Waals surface area contributed by atoms with Crippen LogP contribution >= 0.6 is 0 Å². The number of hydrogen-bond donors (Lipinski definition) is 1. The monoisotopic (exact) mass is 396 g/mol. The first-order valence-corrected chi connectivity index (χ1v) is 10.3. The Hall–Kier alpha value is -2.54. The molecule has 0 atom stereocenters. The Kier molecular flexibility index (Phi) is 5.76. The summed E-state index contributed by atoms with van der Waals surface area (Å²) >= 11 is 0. The Bertz CT molecular complexity index is 887. The second kappa shape index (κ2) is 8.45. The molecule has 3 heterocycles. The molecule has 1 aliphatic heterocycles. The molecule has 2 aromatic rings. The number of carbonyl (C=O) groups excluding carboxylic acids is 2. The number of methoxy groups -OCH3 is 1. The Morgan fingerprint density at radius 3 is 2.90 bits per heavy atom. The van der Waals surface area contributed by atoms with Crippen molar-refractivity contribution < 1.29 is 14.3 Å². The minimum absolute atomic E-state index is 0.0777. The molecular weight excluding hydrogens is 368 g/mol. The fraction of sp³-hybridized carbons (Fsp3) is 0.545. The number of ether oxygens (including phenoxy) is 1. The summed E-state index contributed by atoms with van der Waals surface area (Å²) in [6.45, 7) is 3.61. The lowest BCUT2D eigenvalue weighted by atomic mass is 9.57. The lowest BCUT2D eigenvalue weighted by molar-refractivity contribution is -0.145. The van der Waals surface area contributed by atoms with E-state index in [1.165, 1.54) is 7.11 Å².